The van der Waals surface area contributed by atoms with Gasteiger partial charge in [-0.15, -0.1) is 0 Å². The Morgan fingerprint density at radius 2 is 2.16 bits per heavy atom. The molecule has 0 aliphatic carbocycles. The van der Waals surface area contributed by atoms with Crippen LogP contribution in [0.3, 0.4) is 0 Å². The number of nitrogens with zero attached hydrogens (tertiary/aromatic N) is 2. The van der Waals surface area contributed by atoms with Crippen LogP contribution >= 0.6 is 0 Å². The molecule has 1 unspecified atom stereocenters. The third-order valence-corrected chi connectivity index (χ3v) is 3.42. The van der Waals surface area contributed by atoms with Crippen LogP contribution in [-0.2, 0) is 18.2 Å². The molecule has 2 rings (SSSR count). The molecule has 0 spiro atoms. The van der Waals surface area contributed by atoms with Crippen molar-refractivity contribution in [3.63, 3.8) is 0 Å². The molecule has 1 N–H and O–H groups in total. The molecule has 1 aromatic carbocycles. The van der Waals surface area contributed by atoms with E-state index in [1.54, 1.807) is 7.11 Å². The Bertz CT molecular complexity index is 515. The SMILES string of the molecule is CCNC(CCc1nn(C)c2ccccc12)COC. The summed E-state index contributed by atoms with van der Waals surface area (Å²) >= 11 is 0. The average Bonchev–Trinajstić information content (AvgIpc) is 2.74. The maximum absolute atomic E-state index is 5.25. The Morgan fingerprint density at radius 1 is 1.37 bits per heavy atom. The summed E-state index contributed by atoms with van der Waals surface area (Å²) in [4.78, 5) is 0. The van der Waals surface area contributed by atoms with Crippen molar-refractivity contribution in [1.82, 2.24) is 15.1 Å². The Balaban J connectivity index is 2.08. The lowest BCUT2D eigenvalue weighted by molar-refractivity contribution is 0.163. The minimum atomic E-state index is 0.399. The maximum atomic E-state index is 5.25. The summed E-state index contributed by atoms with van der Waals surface area (Å²) in [5, 5.41) is 9.34. The number of nitrogens with one attached hydrogen (secondary N) is 1. The van der Waals surface area contributed by atoms with Crippen LogP contribution < -0.4 is 5.32 Å². The van der Waals surface area contributed by atoms with Gasteiger partial charge < -0.3 is 10.1 Å². The van der Waals surface area contributed by atoms with Gasteiger partial charge in [-0.2, -0.15) is 5.10 Å². The highest BCUT2D eigenvalue weighted by atomic mass is 16.5. The van der Waals surface area contributed by atoms with Gasteiger partial charge in [0.2, 0.25) is 0 Å². The van der Waals surface area contributed by atoms with E-state index in [2.05, 4.69) is 41.6 Å². The van der Waals surface area contributed by atoms with Gasteiger partial charge in [-0.3, -0.25) is 4.68 Å². The molecule has 1 atom stereocenters. The van der Waals surface area contributed by atoms with Crippen molar-refractivity contribution >= 4 is 10.9 Å². The predicted molar refractivity (Wildman–Crippen MR) is 78.4 cm³/mol. The van der Waals surface area contributed by atoms with Crippen LogP contribution in [0.2, 0.25) is 0 Å². The number of fused-ring (bicyclic) bond motifs is 1. The Kier molecular flexibility index (Phi) is 4.93. The van der Waals surface area contributed by atoms with Gasteiger partial charge in [0, 0.05) is 25.6 Å². The fourth-order valence-electron chi connectivity index (χ4n) is 2.52. The highest BCUT2D eigenvalue weighted by molar-refractivity contribution is 5.81. The zero-order valence-electron chi connectivity index (χ0n) is 12.0. The highest BCUT2D eigenvalue weighted by Crippen LogP contribution is 2.19. The number of likely N-dealkylation sites (N-methyl/N-ethyl adjacent to an activating group) is 1. The van der Waals surface area contributed by atoms with Gasteiger partial charge >= 0.3 is 0 Å². The summed E-state index contributed by atoms with van der Waals surface area (Å²) in [5.41, 5.74) is 2.38. The lowest BCUT2D eigenvalue weighted by atomic mass is 10.1. The first-order valence-electron chi connectivity index (χ1n) is 6.89. The van der Waals surface area contributed by atoms with E-state index in [9.17, 15) is 0 Å². The van der Waals surface area contributed by atoms with Crippen LogP contribution in [0.5, 0.6) is 0 Å². The first kappa shape index (κ1) is 14.0. The lowest BCUT2D eigenvalue weighted by Crippen LogP contribution is -2.33. The normalized spacial score (nSPS) is 13.0. The van der Waals surface area contributed by atoms with Gasteiger partial charge in [0.15, 0.2) is 0 Å². The van der Waals surface area contributed by atoms with Gasteiger partial charge in [-0.25, -0.2) is 0 Å². The summed E-state index contributed by atoms with van der Waals surface area (Å²) in [6.45, 7) is 3.84. The molecule has 1 heterocycles. The van der Waals surface area contributed by atoms with Gasteiger partial charge in [-0.1, -0.05) is 25.1 Å². The van der Waals surface area contributed by atoms with Gasteiger partial charge in [0.25, 0.3) is 0 Å². The second kappa shape index (κ2) is 6.68. The number of hydrogen-bond donors (Lipinski definition) is 1. The first-order valence-corrected chi connectivity index (χ1v) is 6.89. The number of methoxy groups -OCH3 is 1. The van der Waals surface area contributed by atoms with Crippen LogP contribution in [0, 0.1) is 0 Å². The third kappa shape index (κ3) is 3.33. The van der Waals surface area contributed by atoms with E-state index in [4.69, 9.17) is 4.74 Å². The summed E-state index contributed by atoms with van der Waals surface area (Å²) < 4.78 is 7.21. The molecule has 4 nitrogen and oxygen atoms in total. The minimum Gasteiger partial charge on any atom is -0.383 e. The van der Waals surface area contributed by atoms with E-state index >= 15 is 0 Å². The van der Waals surface area contributed by atoms with Crippen LogP contribution in [-0.4, -0.2) is 36.1 Å². The number of aromatic nitrogens is 2. The number of aryl methyl sites for hydroxylation is 2. The highest BCUT2D eigenvalue weighted by Gasteiger charge is 2.11. The maximum Gasteiger partial charge on any atom is 0.0703 e. The summed E-state index contributed by atoms with van der Waals surface area (Å²) in [5.74, 6) is 0. The Labute approximate surface area is 114 Å². The van der Waals surface area contributed by atoms with Gasteiger partial charge in [0.05, 0.1) is 17.8 Å². The molecule has 0 bridgehead atoms. The van der Waals surface area contributed by atoms with Crippen LogP contribution in [0.25, 0.3) is 10.9 Å². The molecule has 2 aromatic rings. The zero-order chi connectivity index (χ0) is 13.7. The molecule has 0 radical (unpaired) electrons. The number of ether oxygens (including phenoxy) is 1. The van der Waals surface area contributed by atoms with Crippen LogP contribution in [0.15, 0.2) is 24.3 Å². The molecular formula is C15H23N3O. The molecule has 0 amide bonds. The molecule has 4 heteroatoms. The Hall–Kier alpha value is -1.39. The van der Waals surface area contributed by atoms with E-state index in [1.807, 2.05) is 11.7 Å². The Morgan fingerprint density at radius 3 is 2.89 bits per heavy atom. The molecule has 19 heavy (non-hydrogen) atoms. The number of para-hydroxylation sites is 1. The van der Waals surface area contributed by atoms with E-state index in [1.165, 1.54) is 16.6 Å². The van der Waals surface area contributed by atoms with Gasteiger partial charge in [-0.05, 0) is 25.5 Å². The lowest BCUT2D eigenvalue weighted by Gasteiger charge is -2.16. The summed E-state index contributed by atoms with van der Waals surface area (Å²) in [6, 6.07) is 8.79. The zero-order valence-corrected chi connectivity index (χ0v) is 12.0. The van der Waals surface area contributed by atoms with E-state index in [0.717, 1.165) is 26.0 Å². The smallest absolute Gasteiger partial charge is 0.0703 e. The minimum absolute atomic E-state index is 0.399. The second-order valence-electron chi connectivity index (χ2n) is 4.84. The predicted octanol–water partition coefficient (Wildman–Crippen LogP) is 2.13. The number of hydrogen-bond acceptors (Lipinski definition) is 3. The van der Waals surface area contributed by atoms with E-state index in [-0.39, 0.29) is 0 Å². The van der Waals surface area contributed by atoms with Crippen LogP contribution in [0.1, 0.15) is 19.0 Å². The number of benzene rings is 1. The number of rotatable bonds is 7. The van der Waals surface area contributed by atoms with Crippen LogP contribution in [0.4, 0.5) is 0 Å². The van der Waals surface area contributed by atoms with Crippen molar-refractivity contribution in [2.75, 3.05) is 20.3 Å². The molecule has 1 aromatic heterocycles. The van der Waals surface area contributed by atoms with Gasteiger partial charge in [0.1, 0.15) is 0 Å². The van der Waals surface area contributed by atoms with Crippen molar-refractivity contribution in [1.29, 1.82) is 0 Å². The first-order chi connectivity index (χ1) is 9.26. The molecular weight excluding hydrogens is 238 g/mol. The molecule has 0 fully saturated rings. The van der Waals surface area contributed by atoms with Crippen molar-refractivity contribution in [3.05, 3.63) is 30.0 Å². The fourth-order valence-corrected chi connectivity index (χ4v) is 2.52. The molecule has 0 aliphatic heterocycles. The fraction of sp³-hybridized carbons (Fsp3) is 0.533. The molecule has 0 saturated carbocycles. The van der Waals surface area contributed by atoms with E-state index < -0.39 is 0 Å². The van der Waals surface area contributed by atoms with E-state index in [0.29, 0.717) is 6.04 Å². The molecule has 0 aliphatic rings. The third-order valence-electron chi connectivity index (χ3n) is 3.42. The summed E-state index contributed by atoms with van der Waals surface area (Å²) in [6.07, 6.45) is 2.02. The standard InChI is InChI=1S/C15H23N3O/c1-4-16-12(11-19-3)9-10-14-13-7-5-6-8-15(13)18(2)17-14/h5-8,12,16H,4,9-11H2,1-3H3. The summed E-state index contributed by atoms with van der Waals surface area (Å²) in [7, 11) is 3.75. The largest absolute Gasteiger partial charge is 0.383 e. The monoisotopic (exact) mass is 261 g/mol. The second-order valence-corrected chi connectivity index (χ2v) is 4.84. The van der Waals surface area contributed by atoms with Crippen molar-refractivity contribution in [3.8, 4) is 0 Å². The van der Waals surface area contributed by atoms with Crippen molar-refractivity contribution in [2.24, 2.45) is 7.05 Å². The quantitative estimate of drug-likeness (QED) is 0.830. The average molecular weight is 261 g/mol. The molecule has 104 valence electrons. The topological polar surface area (TPSA) is 39.1 Å². The van der Waals surface area contributed by atoms with Crippen molar-refractivity contribution < 1.29 is 4.74 Å². The van der Waals surface area contributed by atoms with Crippen molar-refractivity contribution in [2.45, 2.75) is 25.8 Å². The molecule has 0 saturated heterocycles.